The summed E-state index contributed by atoms with van der Waals surface area (Å²) in [5.41, 5.74) is 1.75. The van der Waals surface area contributed by atoms with E-state index in [2.05, 4.69) is 4.98 Å². The van der Waals surface area contributed by atoms with Crippen LogP contribution < -0.4 is 4.90 Å². The van der Waals surface area contributed by atoms with Gasteiger partial charge in [-0.2, -0.15) is 0 Å². The molecule has 1 atom stereocenters. The van der Waals surface area contributed by atoms with Crippen LogP contribution in [-0.2, 0) is 4.74 Å². The fourth-order valence-corrected chi connectivity index (χ4v) is 3.50. The maximum atomic E-state index is 14.0. The molecule has 0 saturated carbocycles. The number of hydrogen-bond acceptors (Lipinski definition) is 5. The van der Waals surface area contributed by atoms with Crippen molar-refractivity contribution in [2.24, 2.45) is 0 Å². The first-order chi connectivity index (χ1) is 10.6. The number of rotatable bonds is 3. The van der Waals surface area contributed by atoms with Crippen LogP contribution in [0.1, 0.15) is 34.1 Å². The Balaban J connectivity index is 1.89. The number of halogens is 1. The molecule has 1 aromatic carbocycles. The minimum Gasteiger partial charge on any atom is -0.367 e. The van der Waals surface area contributed by atoms with Crippen molar-refractivity contribution in [3.63, 3.8) is 0 Å². The molecule has 0 N–H and O–H groups in total. The summed E-state index contributed by atoms with van der Waals surface area (Å²) < 4.78 is 19.8. The van der Waals surface area contributed by atoms with E-state index in [1.54, 1.807) is 23.5 Å². The molecule has 4 nitrogen and oxygen atoms in total. The molecule has 22 heavy (non-hydrogen) atoms. The monoisotopic (exact) mass is 320 g/mol. The highest BCUT2D eigenvalue weighted by Gasteiger charge is 2.27. The van der Waals surface area contributed by atoms with Gasteiger partial charge < -0.3 is 9.64 Å². The molecule has 1 aromatic heterocycles. The Morgan fingerprint density at radius 1 is 1.50 bits per heavy atom. The minimum atomic E-state index is -0.474. The van der Waals surface area contributed by atoms with E-state index < -0.39 is 5.82 Å². The number of thiazole rings is 1. The molecule has 0 aliphatic carbocycles. The van der Waals surface area contributed by atoms with E-state index in [4.69, 9.17) is 4.74 Å². The predicted molar refractivity (Wildman–Crippen MR) is 84.2 cm³/mol. The third-order valence-electron chi connectivity index (χ3n) is 3.66. The van der Waals surface area contributed by atoms with Crippen molar-refractivity contribution in [2.75, 3.05) is 24.6 Å². The van der Waals surface area contributed by atoms with Crippen LogP contribution in [0.3, 0.4) is 0 Å². The molecule has 116 valence electrons. The number of hydrogen-bond donors (Lipinski definition) is 0. The highest BCUT2D eigenvalue weighted by atomic mass is 32.1. The van der Waals surface area contributed by atoms with E-state index in [9.17, 15) is 9.18 Å². The summed E-state index contributed by atoms with van der Waals surface area (Å²) in [7, 11) is 0. The van der Waals surface area contributed by atoms with E-state index in [1.807, 2.05) is 17.2 Å². The molecule has 0 amide bonds. The molecular formula is C16H17FN2O2S. The van der Waals surface area contributed by atoms with E-state index in [-0.39, 0.29) is 17.5 Å². The summed E-state index contributed by atoms with van der Waals surface area (Å²) in [5, 5.41) is 2.91. The van der Waals surface area contributed by atoms with E-state index in [1.165, 1.54) is 13.0 Å². The number of nitrogens with zero attached hydrogens (tertiary/aromatic N) is 2. The molecular weight excluding hydrogens is 303 g/mol. The largest absolute Gasteiger partial charge is 0.367 e. The second-order valence-electron chi connectivity index (χ2n) is 5.32. The molecule has 2 aromatic rings. The Labute approximate surface area is 132 Å². The number of morpholine rings is 1. The first-order valence-electron chi connectivity index (χ1n) is 7.14. The van der Waals surface area contributed by atoms with Crippen molar-refractivity contribution in [1.82, 2.24) is 4.98 Å². The lowest BCUT2D eigenvalue weighted by atomic mass is 10.1. The molecule has 1 aliphatic rings. The van der Waals surface area contributed by atoms with Gasteiger partial charge in [-0.05, 0) is 26.0 Å². The van der Waals surface area contributed by atoms with Gasteiger partial charge in [-0.3, -0.25) is 4.79 Å². The number of ketones is 1. The van der Waals surface area contributed by atoms with Crippen LogP contribution in [-0.4, -0.2) is 30.5 Å². The number of aryl methyl sites for hydroxylation is 1. The first-order valence-corrected chi connectivity index (χ1v) is 8.02. The van der Waals surface area contributed by atoms with Crippen LogP contribution in [0.25, 0.3) is 0 Å². The normalized spacial score (nSPS) is 18.5. The first kappa shape index (κ1) is 15.1. The number of ether oxygens (including phenoxy) is 1. The zero-order valence-corrected chi connectivity index (χ0v) is 13.3. The Kier molecular flexibility index (Phi) is 4.22. The van der Waals surface area contributed by atoms with Gasteiger partial charge in [-0.25, -0.2) is 9.37 Å². The lowest BCUT2D eigenvalue weighted by Gasteiger charge is -2.34. The van der Waals surface area contributed by atoms with Crippen LogP contribution >= 0.6 is 11.3 Å². The summed E-state index contributed by atoms with van der Waals surface area (Å²) in [6, 6.07) is 4.74. The van der Waals surface area contributed by atoms with Gasteiger partial charge in [0, 0.05) is 17.6 Å². The Bertz CT molecular complexity index is 701. The van der Waals surface area contributed by atoms with Crippen LogP contribution in [0.4, 0.5) is 10.1 Å². The molecule has 1 unspecified atom stereocenters. The number of Topliss-reactive ketones (excluding diaryl/α,β-unsaturated/α-hetero) is 1. The van der Waals surface area contributed by atoms with Crippen LogP contribution in [0.2, 0.25) is 0 Å². The SMILES string of the molecule is CC(=O)c1c(F)cccc1N1CCOC(c2nc(C)cs2)C1. The lowest BCUT2D eigenvalue weighted by molar-refractivity contribution is 0.0395. The van der Waals surface area contributed by atoms with Crippen LogP contribution in [0.15, 0.2) is 23.6 Å². The molecule has 1 fully saturated rings. The van der Waals surface area contributed by atoms with Gasteiger partial charge in [0.05, 0.1) is 24.4 Å². The average molecular weight is 320 g/mol. The van der Waals surface area contributed by atoms with Crippen molar-refractivity contribution < 1.29 is 13.9 Å². The van der Waals surface area contributed by atoms with Gasteiger partial charge in [0.2, 0.25) is 0 Å². The van der Waals surface area contributed by atoms with Crippen molar-refractivity contribution in [1.29, 1.82) is 0 Å². The van der Waals surface area contributed by atoms with Crippen LogP contribution in [0.5, 0.6) is 0 Å². The fraction of sp³-hybridized carbons (Fsp3) is 0.375. The predicted octanol–water partition coefficient (Wildman–Crippen LogP) is 3.37. The summed E-state index contributed by atoms with van der Waals surface area (Å²) in [6.07, 6.45) is -0.143. The van der Waals surface area contributed by atoms with E-state index in [0.717, 1.165) is 10.7 Å². The van der Waals surface area contributed by atoms with Gasteiger partial charge in [-0.1, -0.05) is 6.07 Å². The molecule has 1 aliphatic heterocycles. The van der Waals surface area contributed by atoms with Crippen molar-refractivity contribution in [2.45, 2.75) is 20.0 Å². The highest BCUT2D eigenvalue weighted by molar-refractivity contribution is 7.09. The van der Waals surface area contributed by atoms with Gasteiger partial charge in [0.15, 0.2) is 5.78 Å². The topological polar surface area (TPSA) is 42.4 Å². The average Bonchev–Trinajstić information content (AvgIpc) is 2.93. The van der Waals surface area contributed by atoms with Gasteiger partial charge in [0.25, 0.3) is 0 Å². The smallest absolute Gasteiger partial charge is 0.164 e. The van der Waals surface area contributed by atoms with Gasteiger partial charge in [0.1, 0.15) is 16.9 Å². The number of carbonyl (C=O) groups excluding carboxylic acids is 1. The van der Waals surface area contributed by atoms with Crippen molar-refractivity contribution in [3.8, 4) is 0 Å². The maximum absolute atomic E-state index is 14.0. The number of aromatic nitrogens is 1. The second kappa shape index (κ2) is 6.14. The highest BCUT2D eigenvalue weighted by Crippen LogP contribution is 2.31. The summed E-state index contributed by atoms with van der Waals surface area (Å²) in [5.74, 6) is -0.737. The third-order valence-corrected chi connectivity index (χ3v) is 4.72. The third kappa shape index (κ3) is 2.89. The zero-order valence-electron chi connectivity index (χ0n) is 12.5. The van der Waals surface area contributed by atoms with E-state index in [0.29, 0.717) is 25.4 Å². The fourth-order valence-electron chi connectivity index (χ4n) is 2.66. The Morgan fingerprint density at radius 3 is 3.00 bits per heavy atom. The summed E-state index contributed by atoms with van der Waals surface area (Å²) in [4.78, 5) is 18.2. The maximum Gasteiger partial charge on any atom is 0.164 e. The van der Waals surface area contributed by atoms with E-state index >= 15 is 0 Å². The molecule has 0 radical (unpaired) electrons. The lowest BCUT2D eigenvalue weighted by Crippen LogP contribution is -2.39. The second-order valence-corrected chi connectivity index (χ2v) is 6.21. The Hall–Kier alpha value is -1.79. The molecule has 2 heterocycles. The van der Waals surface area contributed by atoms with Crippen molar-refractivity contribution >= 4 is 22.8 Å². The zero-order chi connectivity index (χ0) is 15.7. The van der Waals surface area contributed by atoms with Gasteiger partial charge >= 0.3 is 0 Å². The van der Waals surface area contributed by atoms with Crippen molar-refractivity contribution in [3.05, 3.63) is 45.7 Å². The molecule has 0 bridgehead atoms. The quantitative estimate of drug-likeness (QED) is 0.813. The van der Waals surface area contributed by atoms with Crippen LogP contribution in [0, 0.1) is 12.7 Å². The number of benzene rings is 1. The number of carbonyl (C=O) groups is 1. The summed E-state index contributed by atoms with van der Waals surface area (Å²) >= 11 is 1.56. The molecule has 3 rings (SSSR count). The molecule has 6 heteroatoms. The Morgan fingerprint density at radius 2 is 2.32 bits per heavy atom. The molecule has 0 spiro atoms. The minimum absolute atomic E-state index is 0.143. The van der Waals surface area contributed by atoms with Gasteiger partial charge in [-0.15, -0.1) is 11.3 Å². The standard InChI is InChI=1S/C16H17FN2O2S/c1-10-9-22-16(18-10)14-8-19(6-7-21-14)13-5-3-4-12(17)15(13)11(2)20/h3-5,9,14H,6-8H2,1-2H3. The number of anilines is 1. The summed E-state index contributed by atoms with van der Waals surface area (Å²) in [6.45, 7) is 5.06. The molecule has 1 saturated heterocycles.